The first kappa shape index (κ1) is 38.6. The van der Waals surface area contributed by atoms with Crippen molar-refractivity contribution >= 4 is 16.6 Å². The predicted molar refractivity (Wildman–Crippen MR) is 225 cm³/mol. The molecule has 4 aromatic carbocycles. The summed E-state index contributed by atoms with van der Waals surface area (Å²) in [5, 5.41) is 8.24. The molecule has 52 heavy (non-hydrogen) atoms. The van der Waals surface area contributed by atoms with Gasteiger partial charge in [0.15, 0.2) is 0 Å². The fourth-order valence-electron chi connectivity index (χ4n) is 7.51. The molecule has 1 aromatic heterocycles. The fraction of sp³-hybridized carbons (Fsp3) is 0.367. The molecule has 0 saturated carbocycles. The van der Waals surface area contributed by atoms with E-state index >= 15 is 0 Å². The minimum atomic E-state index is 0.615. The van der Waals surface area contributed by atoms with Gasteiger partial charge >= 0.3 is 0 Å². The van der Waals surface area contributed by atoms with Crippen LogP contribution in [0.2, 0.25) is 0 Å². The van der Waals surface area contributed by atoms with Crippen molar-refractivity contribution in [2.45, 2.75) is 98.8 Å². The van der Waals surface area contributed by atoms with E-state index in [4.69, 9.17) is 4.98 Å². The maximum atomic E-state index is 4.87. The lowest BCUT2D eigenvalue weighted by Crippen LogP contribution is -2.19. The van der Waals surface area contributed by atoms with E-state index < -0.39 is 0 Å². The molecule has 3 heteroatoms. The monoisotopic (exact) mass is 691 g/mol. The van der Waals surface area contributed by atoms with Crippen molar-refractivity contribution in [3.8, 4) is 0 Å². The van der Waals surface area contributed by atoms with Crippen LogP contribution in [0, 0.1) is 18.8 Å². The number of hydrogen-bond acceptors (Lipinski definition) is 3. The number of pyridine rings is 1. The Morgan fingerprint density at radius 3 is 2.08 bits per heavy atom. The molecule has 1 heterocycles. The summed E-state index contributed by atoms with van der Waals surface area (Å²) < 4.78 is 0. The molecule has 0 aliphatic carbocycles. The molecule has 5 rings (SSSR count). The summed E-state index contributed by atoms with van der Waals surface area (Å²) in [6.07, 6.45) is 13.5. The van der Waals surface area contributed by atoms with Crippen LogP contribution in [-0.2, 0) is 32.1 Å². The van der Waals surface area contributed by atoms with Crippen molar-refractivity contribution in [1.82, 2.24) is 10.3 Å². The Labute approximate surface area is 314 Å². The van der Waals surface area contributed by atoms with Crippen molar-refractivity contribution in [2.75, 3.05) is 11.9 Å². The Kier molecular flexibility index (Phi) is 14.3. The topological polar surface area (TPSA) is 37.0 Å². The number of nitrogens with zero attached hydrogens (tertiary/aromatic N) is 1. The van der Waals surface area contributed by atoms with Gasteiger partial charge in [-0.3, -0.25) is 4.98 Å². The lowest BCUT2D eigenvalue weighted by Gasteiger charge is -2.19. The maximum Gasteiger partial charge on any atom is 0.0707 e. The van der Waals surface area contributed by atoms with Gasteiger partial charge in [-0.15, -0.1) is 0 Å². The van der Waals surface area contributed by atoms with Crippen molar-refractivity contribution in [3.05, 3.63) is 166 Å². The minimum Gasteiger partial charge on any atom is -0.384 e. The average Bonchev–Trinajstić information content (AvgIpc) is 3.13. The van der Waals surface area contributed by atoms with Crippen LogP contribution < -0.4 is 10.6 Å². The molecule has 0 aliphatic rings. The quantitative estimate of drug-likeness (QED) is 0.0798. The van der Waals surface area contributed by atoms with Gasteiger partial charge in [-0.25, -0.2) is 0 Å². The van der Waals surface area contributed by atoms with Crippen LogP contribution >= 0.6 is 0 Å². The summed E-state index contributed by atoms with van der Waals surface area (Å²) in [5.41, 5.74) is 14.7. The highest BCUT2D eigenvalue weighted by molar-refractivity contribution is 5.84. The van der Waals surface area contributed by atoms with E-state index in [-0.39, 0.29) is 0 Å². The molecule has 3 nitrogen and oxygen atoms in total. The number of aryl methyl sites for hydroxylation is 2. The van der Waals surface area contributed by atoms with Gasteiger partial charge in [-0.05, 0) is 132 Å². The second-order valence-corrected chi connectivity index (χ2v) is 15.2. The standard InChI is InChI=1S/C49H61N3/c1-8-13-39(14-9-2)21-22-44-34-49-48(33-46(44)29-35(3)4)45(26-28-51-49)32-43-23-24-47(30-36(43)5)52-38(7)37(6)50-27-25-40-17-19-42(20-18-40)31-41-15-11-10-12-16-41/h10-12,15-20,23-24,26,28,30,33-35,39,50,52H,6-9,13-14,21-22,25,27,29,31-32H2,1-5H3. The van der Waals surface area contributed by atoms with E-state index in [1.807, 2.05) is 6.20 Å². The molecule has 0 bridgehead atoms. The zero-order valence-electron chi connectivity index (χ0n) is 32.5. The number of fused-ring (bicyclic) bond motifs is 1. The number of hydrogen-bond donors (Lipinski definition) is 2. The largest absolute Gasteiger partial charge is 0.384 e. The third-order valence-corrected chi connectivity index (χ3v) is 10.4. The van der Waals surface area contributed by atoms with Gasteiger partial charge in [0.05, 0.1) is 11.2 Å². The van der Waals surface area contributed by atoms with Gasteiger partial charge in [0.2, 0.25) is 0 Å². The molecule has 2 N–H and O–H groups in total. The highest BCUT2D eigenvalue weighted by Gasteiger charge is 2.14. The first-order valence-corrected chi connectivity index (χ1v) is 19.7. The second kappa shape index (κ2) is 19.3. The number of rotatable bonds is 20. The summed E-state index contributed by atoms with van der Waals surface area (Å²) in [6.45, 7) is 20.8. The van der Waals surface area contributed by atoms with E-state index in [1.165, 1.54) is 82.0 Å². The Morgan fingerprint density at radius 2 is 1.38 bits per heavy atom. The van der Waals surface area contributed by atoms with E-state index in [1.54, 1.807) is 0 Å². The molecule has 5 aromatic rings. The highest BCUT2D eigenvalue weighted by atomic mass is 15.0. The third kappa shape index (κ3) is 11.2. The van der Waals surface area contributed by atoms with Gasteiger partial charge in [0.25, 0.3) is 0 Å². The van der Waals surface area contributed by atoms with Crippen molar-refractivity contribution in [3.63, 3.8) is 0 Å². The van der Waals surface area contributed by atoms with Crippen molar-refractivity contribution in [2.24, 2.45) is 11.8 Å². The van der Waals surface area contributed by atoms with Crippen LogP contribution in [0.15, 0.2) is 122 Å². The molecule has 272 valence electrons. The van der Waals surface area contributed by atoms with Crippen molar-refractivity contribution < 1.29 is 0 Å². The smallest absolute Gasteiger partial charge is 0.0707 e. The highest BCUT2D eigenvalue weighted by Crippen LogP contribution is 2.30. The Hall–Kier alpha value is -4.63. The third-order valence-electron chi connectivity index (χ3n) is 10.4. The number of aromatic nitrogens is 1. The van der Waals surface area contributed by atoms with Crippen LogP contribution in [0.1, 0.15) is 104 Å². The van der Waals surface area contributed by atoms with E-state index in [9.17, 15) is 0 Å². The van der Waals surface area contributed by atoms with Crippen LogP contribution in [0.25, 0.3) is 10.9 Å². The van der Waals surface area contributed by atoms with Crippen molar-refractivity contribution in [1.29, 1.82) is 0 Å². The summed E-state index contributed by atoms with van der Waals surface area (Å²) >= 11 is 0. The van der Waals surface area contributed by atoms with Gasteiger partial charge < -0.3 is 10.6 Å². The normalized spacial score (nSPS) is 11.4. The lowest BCUT2D eigenvalue weighted by atomic mass is 9.87. The molecule has 0 aliphatic heterocycles. The molecule has 0 saturated heterocycles. The van der Waals surface area contributed by atoms with Crippen LogP contribution in [0.5, 0.6) is 0 Å². The fourth-order valence-corrected chi connectivity index (χ4v) is 7.51. The minimum absolute atomic E-state index is 0.615. The SMILES string of the molecule is C=C(NCCc1ccc(Cc2ccccc2)cc1)C(=C)Nc1ccc(Cc2ccnc3cc(CCC(CCC)CCC)c(CC(C)C)cc23)c(C)c1. The Balaban J connectivity index is 1.18. The van der Waals surface area contributed by atoms with Crippen LogP contribution in [0.4, 0.5) is 5.69 Å². The predicted octanol–water partition coefficient (Wildman–Crippen LogP) is 12.3. The summed E-state index contributed by atoms with van der Waals surface area (Å²) in [5.74, 6) is 1.44. The second-order valence-electron chi connectivity index (χ2n) is 15.2. The molecule has 0 unspecified atom stereocenters. The number of nitrogens with one attached hydrogen (secondary N) is 2. The molecule has 0 fully saturated rings. The first-order chi connectivity index (χ1) is 25.2. The Morgan fingerprint density at radius 1 is 0.673 bits per heavy atom. The summed E-state index contributed by atoms with van der Waals surface area (Å²) in [7, 11) is 0. The zero-order valence-corrected chi connectivity index (χ0v) is 32.5. The van der Waals surface area contributed by atoms with Gasteiger partial charge in [-0.2, -0.15) is 0 Å². The molecule has 0 spiro atoms. The van der Waals surface area contributed by atoms with Crippen LogP contribution in [0.3, 0.4) is 0 Å². The molecular weight excluding hydrogens is 631 g/mol. The lowest BCUT2D eigenvalue weighted by molar-refractivity contribution is 0.411. The molecule has 0 radical (unpaired) electrons. The molecule has 0 atom stereocenters. The Bertz CT molecular complexity index is 1900. The van der Waals surface area contributed by atoms with E-state index in [0.717, 1.165) is 67.2 Å². The number of benzene rings is 4. The summed E-state index contributed by atoms with van der Waals surface area (Å²) in [6, 6.07) is 33.3. The molecular formula is C49H61N3. The number of anilines is 1. The van der Waals surface area contributed by atoms with Crippen LogP contribution in [-0.4, -0.2) is 11.5 Å². The van der Waals surface area contributed by atoms with Gasteiger partial charge in [0.1, 0.15) is 0 Å². The maximum absolute atomic E-state index is 4.87. The van der Waals surface area contributed by atoms with Gasteiger partial charge in [-0.1, -0.05) is 127 Å². The molecule has 0 amide bonds. The van der Waals surface area contributed by atoms with E-state index in [2.05, 4.69) is 149 Å². The van der Waals surface area contributed by atoms with E-state index in [0.29, 0.717) is 5.92 Å². The average molecular weight is 692 g/mol. The summed E-state index contributed by atoms with van der Waals surface area (Å²) in [4.78, 5) is 4.87. The zero-order chi connectivity index (χ0) is 36.9. The van der Waals surface area contributed by atoms with Gasteiger partial charge in [0, 0.05) is 29.5 Å². The first-order valence-electron chi connectivity index (χ1n) is 19.7.